The number of hydrogen-bond donors (Lipinski definition) is 2. The first kappa shape index (κ1) is 18.0. The van der Waals surface area contributed by atoms with E-state index in [1.54, 1.807) is 0 Å². The highest BCUT2D eigenvalue weighted by Gasteiger charge is 2.08. The first-order valence-electron chi connectivity index (χ1n) is 8.26. The Hall–Kier alpha value is -2.38. The van der Waals surface area contributed by atoms with Crippen LogP contribution in [0.15, 0.2) is 54.6 Å². The summed E-state index contributed by atoms with van der Waals surface area (Å²) in [6, 6.07) is 20.5. The van der Waals surface area contributed by atoms with Gasteiger partial charge in [-0.3, -0.25) is 0 Å². The zero-order valence-electron chi connectivity index (χ0n) is 14.0. The Morgan fingerprint density at radius 2 is 1.79 bits per heavy atom. The number of thiocarbonyl (C=S) groups is 1. The lowest BCUT2D eigenvalue weighted by Crippen LogP contribution is -2.33. The molecule has 2 N–H and O–H groups in total. The summed E-state index contributed by atoms with van der Waals surface area (Å²) < 4.78 is 0. The van der Waals surface area contributed by atoms with Crippen LogP contribution in [0.3, 0.4) is 0 Å². The van der Waals surface area contributed by atoms with E-state index in [-0.39, 0.29) is 0 Å². The van der Waals surface area contributed by atoms with Gasteiger partial charge in [0.15, 0.2) is 5.11 Å². The third kappa shape index (κ3) is 6.02. The zero-order chi connectivity index (χ0) is 17.2. The molecular formula is C20H23N3S. The summed E-state index contributed by atoms with van der Waals surface area (Å²) in [5, 5.41) is 15.8. The van der Waals surface area contributed by atoms with Crippen LogP contribution >= 0.6 is 12.2 Å². The molecule has 0 aromatic heterocycles. The lowest BCUT2D eigenvalue weighted by Gasteiger charge is -2.18. The van der Waals surface area contributed by atoms with E-state index in [1.807, 2.05) is 30.3 Å². The molecule has 0 heterocycles. The molecule has 0 spiro atoms. The van der Waals surface area contributed by atoms with Crippen molar-refractivity contribution >= 4 is 23.0 Å². The Balaban J connectivity index is 1.80. The van der Waals surface area contributed by atoms with E-state index in [4.69, 9.17) is 17.5 Å². The minimum atomic E-state index is 0.431. The monoisotopic (exact) mass is 337 g/mol. The molecule has 124 valence electrons. The van der Waals surface area contributed by atoms with Gasteiger partial charge in [-0.15, -0.1) is 0 Å². The number of nitrogens with one attached hydrogen (secondary N) is 2. The molecule has 0 fully saturated rings. The van der Waals surface area contributed by atoms with Crippen LogP contribution in [-0.4, -0.2) is 11.7 Å². The van der Waals surface area contributed by atoms with Gasteiger partial charge in [0, 0.05) is 12.2 Å². The molecule has 3 nitrogen and oxygen atoms in total. The Morgan fingerprint density at radius 1 is 1.08 bits per heavy atom. The van der Waals surface area contributed by atoms with Gasteiger partial charge in [0.2, 0.25) is 0 Å². The van der Waals surface area contributed by atoms with Crippen LogP contribution < -0.4 is 10.6 Å². The molecule has 0 aliphatic heterocycles. The van der Waals surface area contributed by atoms with Crippen molar-refractivity contribution < 1.29 is 0 Å². The second-order valence-corrected chi connectivity index (χ2v) is 6.24. The molecule has 2 aromatic rings. The summed E-state index contributed by atoms with van der Waals surface area (Å²) in [6.07, 6.45) is 2.59. The lowest BCUT2D eigenvalue weighted by molar-refractivity contribution is 0.498. The van der Waals surface area contributed by atoms with Crippen LogP contribution in [0.5, 0.6) is 0 Å². The van der Waals surface area contributed by atoms with E-state index in [2.05, 4.69) is 47.9 Å². The Kier molecular flexibility index (Phi) is 7.25. The van der Waals surface area contributed by atoms with Gasteiger partial charge >= 0.3 is 0 Å². The molecule has 0 aliphatic rings. The molecule has 24 heavy (non-hydrogen) atoms. The van der Waals surface area contributed by atoms with Crippen molar-refractivity contribution in [3.63, 3.8) is 0 Å². The second-order valence-electron chi connectivity index (χ2n) is 5.83. The summed E-state index contributed by atoms with van der Waals surface area (Å²) >= 11 is 5.38. The molecule has 1 atom stereocenters. The van der Waals surface area contributed by atoms with Crippen molar-refractivity contribution in [3.05, 3.63) is 65.7 Å². The fourth-order valence-electron chi connectivity index (χ4n) is 2.52. The third-order valence-corrected chi connectivity index (χ3v) is 4.24. The predicted molar refractivity (Wildman–Crippen MR) is 104 cm³/mol. The van der Waals surface area contributed by atoms with E-state index in [0.29, 0.717) is 17.5 Å². The molecule has 0 radical (unpaired) electrons. The molecule has 2 aromatic carbocycles. The summed E-state index contributed by atoms with van der Waals surface area (Å²) in [7, 11) is 0. The van der Waals surface area contributed by atoms with Crippen LogP contribution in [0.4, 0.5) is 5.69 Å². The molecule has 0 saturated carbocycles. The number of nitriles is 1. The summed E-state index contributed by atoms with van der Waals surface area (Å²) in [5.74, 6) is 0.546. The maximum atomic E-state index is 8.69. The highest BCUT2D eigenvalue weighted by molar-refractivity contribution is 7.80. The van der Waals surface area contributed by atoms with Crippen LogP contribution in [0.2, 0.25) is 0 Å². The fraction of sp³-hybridized carbons (Fsp3) is 0.300. The van der Waals surface area contributed by atoms with E-state index in [9.17, 15) is 0 Å². The van der Waals surface area contributed by atoms with Crippen molar-refractivity contribution in [3.8, 4) is 6.07 Å². The van der Waals surface area contributed by atoms with Crippen molar-refractivity contribution in [2.45, 2.75) is 26.2 Å². The molecular weight excluding hydrogens is 314 g/mol. The van der Waals surface area contributed by atoms with Gasteiger partial charge in [-0.05, 0) is 47.8 Å². The van der Waals surface area contributed by atoms with Gasteiger partial charge in [0.05, 0.1) is 12.5 Å². The highest BCUT2D eigenvalue weighted by Crippen LogP contribution is 2.12. The number of anilines is 1. The van der Waals surface area contributed by atoms with Gasteiger partial charge in [0.1, 0.15) is 0 Å². The van der Waals surface area contributed by atoms with Crippen LogP contribution in [-0.2, 0) is 12.8 Å². The molecule has 0 aliphatic carbocycles. The number of nitrogens with zero attached hydrogens (tertiary/aromatic N) is 1. The predicted octanol–water partition coefficient (Wildman–Crippen LogP) is 4.31. The maximum Gasteiger partial charge on any atom is 0.170 e. The van der Waals surface area contributed by atoms with Gasteiger partial charge in [-0.1, -0.05) is 55.8 Å². The smallest absolute Gasteiger partial charge is 0.170 e. The van der Waals surface area contributed by atoms with Crippen molar-refractivity contribution in [1.29, 1.82) is 5.26 Å². The quantitative estimate of drug-likeness (QED) is 0.739. The number of benzene rings is 2. The van der Waals surface area contributed by atoms with E-state index < -0.39 is 0 Å². The zero-order valence-corrected chi connectivity index (χ0v) is 14.8. The molecule has 0 bridgehead atoms. The Bertz CT molecular complexity index is 674. The van der Waals surface area contributed by atoms with Crippen LogP contribution in [0.25, 0.3) is 0 Å². The largest absolute Gasteiger partial charge is 0.362 e. The summed E-state index contributed by atoms with van der Waals surface area (Å²) in [6.45, 7) is 3.06. The van der Waals surface area contributed by atoms with Crippen molar-refractivity contribution in [2.75, 3.05) is 11.9 Å². The normalized spacial score (nSPS) is 11.3. The second kappa shape index (κ2) is 9.69. The average Bonchev–Trinajstić information content (AvgIpc) is 2.61. The van der Waals surface area contributed by atoms with Gasteiger partial charge < -0.3 is 10.6 Å². The van der Waals surface area contributed by atoms with E-state index >= 15 is 0 Å². The minimum absolute atomic E-state index is 0.431. The molecule has 2 rings (SSSR count). The minimum Gasteiger partial charge on any atom is -0.362 e. The maximum absolute atomic E-state index is 8.69. The third-order valence-electron chi connectivity index (χ3n) is 3.99. The fourth-order valence-corrected chi connectivity index (χ4v) is 2.72. The molecule has 0 unspecified atom stereocenters. The summed E-state index contributed by atoms with van der Waals surface area (Å²) in [4.78, 5) is 0. The molecule has 0 amide bonds. The lowest BCUT2D eigenvalue weighted by atomic mass is 9.97. The highest BCUT2D eigenvalue weighted by atomic mass is 32.1. The van der Waals surface area contributed by atoms with Gasteiger partial charge in [-0.2, -0.15) is 5.26 Å². The Labute approximate surface area is 149 Å². The van der Waals surface area contributed by atoms with Crippen LogP contribution in [0, 0.1) is 17.2 Å². The van der Waals surface area contributed by atoms with Gasteiger partial charge in [0.25, 0.3) is 0 Å². The van der Waals surface area contributed by atoms with Gasteiger partial charge in [-0.25, -0.2) is 0 Å². The number of hydrogen-bond acceptors (Lipinski definition) is 2. The first-order chi connectivity index (χ1) is 11.7. The summed E-state index contributed by atoms with van der Waals surface area (Å²) in [5.41, 5.74) is 3.30. The molecule has 0 saturated heterocycles. The molecule has 4 heteroatoms. The van der Waals surface area contributed by atoms with E-state index in [1.165, 1.54) is 5.56 Å². The van der Waals surface area contributed by atoms with Crippen LogP contribution in [0.1, 0.15) is 24.5 Å². The SMILES string of the molecule is CC[C@@H](CNC(=S)Nc1ccc(CC#N)cc1)Cc1ccccc1. The van der Waals surface area contributed by atoms with Crippen molar-refractivity contribution in [2.24, 2.45) is 5.92 Å². The number of rotatable bonds is 7. The average molecular weight is 337 g/mol. The van der Waals surface area contributed by atoms with E-state index in [0.717, 1.165) is 30.6 Å². The Morgan fingerprint density at radius 3 is 2.42 bits per heavy atom. The first-order valence-corrected chi connectivity index (χ1v) is 8.66. The van der Waals surface area contributed by atoms with Crippen molar-refractivity contribution in [1.82, 2.24) is 5.32 Å². The standard InChI is InChI=1S/C20H23N3S/c1-2-16(14-18-6-4-3-5-7-18)15-22-20(24)23-19-10-8-17(9-11-19)12-13-21/h3-11,16H,2,12,14-15H2,1H3,(H2,22,23,24)/t16-/m1/s1. The topological polar surface area (TPSA) is 47.8 Å².